The predicted octanol–water partition coefficient (Wildman–Crippen LogP) is 3.18. The lowest BCUT2D eigenvalue weighted by Gasteiger charge is -2.33. The van der Waals surface area contributed by atoms with Crippen molar-refractivity contribution in [2.45, 2.75) is 18.9 Å². The molecule has 0 saturated carbocycles. The Bertz CT molecular complexity index is 1170. The van der Waals surface area contributed by atoms with Crippen LogP contribution in [-0.4, -0.2) is 55.8 Å². The van der Waals surface area contributed by atoms with E-state index in [9.17, 15) is 14.4 Å². The van der Waals surface area contributed by atoms with Crippen molar-refractivity contribution >= 4 is 63.9 Å². The Morgan fingerprint density at radius 2 is 1.68 bits per heavy atom. The minimum atomic E-state index is -0.702. The molecule has 2 N–H and O–H groups in total. The number of nitrogens with zero attached hydrogens (tertiary/aromatic N) is 2. The zero-order chi connectivity index (χ0) is 24.6. The zero-order valence-electron chi connectivity index (χ0n) is 18.7. The van der Waals surface area contributed by atoms with Gasteiger partial charge in [-0.05, 0) is 42.5 Å². The molecule has 34 heavy (non-hydrogen) atoms. The van der Waals surface area contributed by atoms with Gasteiger partial charge in [-0.25, -0.2) is 4.90 Å². The molecule has 178 valence electrons. The molecule has 2 aromatic carbocycles. The highest BCUT2D eigenvalue weighted by molar-refractivity contribution is 6.54. The van der Waals surface area contributed by atoms with Crippen molar-refractivity contribution in [1.82, 2.24) is 4.90 Å². The quantitative estimate of drug-likeness (QED) is 0.592. The molecule has 0 bridgehead atoms. The van der Waals surface area contributed by atoms with Gasteiger partial charge < -0.3 is 15.1 Å². The van der Waals surface area contributed by atoms with Crippen molar-refractivity contribution in [3.8, 4) is 0 Å². The van der Waals surface area contributed by atoms with E-state index in [1.165, 1.54) is 17.0 Å². The summed E-state index contributed by atoms with van der Waals surface area (Å²) in [6.45, 7) is 2.09. The Morgan fingerprint density at radius 3 is 2.32 bits per heavy atom. The summed E-state index contributed by atoms with van der Waals surface area (Å²) in [6.07, 6.45) is 1.95. The lowest BCUT2D eigenvalue weighted by atomic mass is 10.0. The van der Waals surface area contributed by atoms with Crippen LogP contribution >= 0.6 is 34.8 Å². The van der Waals surface area contributed by atoms with E-state index in [1.807, 2.05) is 7.05 Å². The molecule has 10 heteroatoms. The molecule has 0 unspecified atom stereocenters. The fraction of sp³-hybridized carbons (Fsp3) is 0.292. The smallest absolute Gasteiger partial charge is 0.283 e. The van der Waals surface area contributed by atoms with E-state index in [4.69, 9.17) is 34.8 Å². The number of carbonyl (C=O) groups is 3. The van der Waals surface area contributed by atoms with Crippen molar-refractivity contribution in [1.29, 1.82) is 0 Å². The van der Waals surface area contributed by atoms with Crippen LogP contribution in [0.2, 0.25) is 10.0 Å². The van der Waals surface area contributed by atoms with E-state index in [0.717, 1.165) is 30.8 Å². The lowest BCUT2D eigenvalue weighted by molar-refractivity contribution is -0.885. The second-order valence-electron chi connectivity index (χ2n) is 8.54. The summed E-state index contributed by atoms with van der Waals surface area (Å²) in [7, 11) is 4.00. The van der Waals surface area contributed by atoms with Crippen molar-refractivity contribution < 1.29 is 19.3 Å². The van der Waals surface area contributed by atoms with Crippen molar-refractivity contribution in [3.05, 3.63) is 68.8 Å². The van der Waals surface area contributed by atoms with Crippen molar-refractivity contribution in [3.63, 3.8) is 0 Å². The Morgan fingerprint density at radius 1 is 1.03 bits per heavy atom. The summed E-state index contributed by atoms with van der Waals surface area (Å²) in [5, 5.41) is 3.15. The number of benzene rings is 2. The molecule has 2 heterocycles. The zero-order valence-corrected chi connectivity index (χ0v) is 21.0. The minimum absolute atomic E-state index is 0.0535. The maximum atomic E-state index is 13.0. The summed E-state index contributed by atoms with van der Waals surface area (Å²) in [4.78, 5) is 42.8. The fourth-order valence-corrected chi connectivity index (χ4v) is 4.76. The molecule has 2 aliphatic heterocycles. The third-order valence-electron chi connectivity index (χ3n) is 6.25. The van der Waals surface area contributed by atoms with Gasteiger partial charge in [-0.3, -0.25) is 14.4 Å². The van der Waals surface area contributed by atoms with Crippen LogP contribution in [0.4, 0.5) is 11.4 Å². The first-order chi connectivity index (χ1) is 16.2. The third kappa shape index (κ3) is 4.79. The first-order valence-corrected chi connectivity index (χ1v) is 12.0. The van der Waals surface area contributed by atoms with Crippen LogP contribution in [0.3, 0.4) is 0 Å². The van der Waals surface area contributed by atoms with Crippen molar-refractivity contribution in [2.75, 3.05) is 37.4 Å². The third-order valence-corrected chi connectivity index (χ3v) is 7.16. The minimum Gasteiger partial charge on any atom is -0.350 e. The van der Waals surface area contributed by atoms with Gasteiger partial charge in [-0.2, -0.15) is 0 Å². The second-order valence-corrected chi connectivity index (χ2v) is 9.76. The van der Waals surface area contributed by atoms with E-state index in [-0.39, 0.29) is 33.4 Å². The van der Waals surface area contributed by atoms with E-state index in [2.05, 4.69) is 12.4 Å². The molecule has 4 rings (SSSR count). The number of nitrogens with one attached hydrogen (secondary N) is 2. The van der Waals surface area contributed by atoms with E-state index in [0.29, 0.717) is 16.3 Å². The average Bonchev–Trinajstić information content (AvgIpc) is 3.03. The van der Waals surface area contributed by atoms with Gasteiger partial charge in [0, 0.05) is 42.2 Å². The molecular weight excluding hydrogens is 499 g/mol. The van der Waals surface area contributed by atoms with E-state index >= 15 is 0 Å². The summed E-state index contributed by atoms with van der Waals surface area (Å²) >= 11 is 18.4. The molecule has 7 nitrogen and oxygen atoms in total. The van der Waals surface area contributed by atoms with Crippen LogP contribution in [0.5, 0.6) is 0 Å². The Hall–Kier alpha value is -2.58. The highest BCUT2D eigenvalue weighted by Crippen LogP contribution is 2.35. The maximum Gasteiger partial charge on any atom is 0.283 e. The number of imide groups is 1. The molecule has 0 spiro atoms. The number of amides is 3. The maximum absolute atomic E-state index is 13.0. The van der Waals surface area contributed by atoms with Crippen LogP contribution in [-0.2, 0) is 9.59 Å². The number of rotatable bonds is 5. The van der Waals surface area contributed by atoms with Gasteiger partial charge in [-0.15, -0.1) is 0 Å². The molecule has 2 aromatic rings. The Balaban J connectivity index is 1.48. The number of quaternary nitrogens is 1. The van der Waals surface area contributed by atoms with E-state index in [1.54, 1.807) is 35.2 Å². The molecular formula is C24H24Cl3N4O3+. The molecule has 1 fully saturated rings. The van der Waals surface area contributed by atoms with Gasteiger partial charge in [0.1, 0.15) is 10.7 Å². The topological polar surface area (TPSA) is 74.2 Å². The van der Waals surface area contributed by atoms with Gasteiger partial charge in [0.25, 0.3) is 17.7 Å². The molecule has 0 aromatic heterocycles. The Kier molecular flexibility index (Phi) is 7.19. The van der Waals surface area contributed by atoms with Gasteiger partial charge in [0.2, 0.25) is 0 Å². The number of anilines is 2. The molecule has 0 aliphatic carbocycles. The first-order valence-electron chi connectivity index (χ1n) is 10.9. The van der Waals surface area contributed by atoms with Crippen LogP contribution < -0.4 is 15.1 Å². The van der Waals surface area contributed by atoms with Crippen LogP contribution in [0.25, 0.3) is 0 Å². The summed E-state index contributed by atoms with van der Waals surface area (Å²) in [5.41, 5.74) is 1.13. The van der Waals surface area contributed by atoms with Crippen molar-refractivity contribution in [2.24, 2.45) is 0 Å². The van der Waals surface area contributed by atoms with Gasteiger partial charge in [-0.1, -0.05) is 34.8 Å². The van der Waals surface area contributed by atoms with Crippen LogP contribution in [0, 0.1) is 0 Å². The largest absolute Gasteiger partial charge is 0.350 e. The number of hydrogen-bond donors (Lipinski definition) is 2. The number of carbonyl (C=O) groups excluding carboxylic acids is 3. The SMILES string of the molecule is CN(C(=O)c1ccc(NC2=C(Cl)C(=O)N(c3cc(Cl)ccc3Cl)C2=O)cc1)C1CC[NH+](C)CC1. The van der Waals surface area contributed by atoms with Gasteiger partial charge >= 0.3 is 0 Å². The molecule has 2 aliphatic rings. The molecule has 1 saturated heterocycles. The summed E-state index contributed by atoms with van der Waals surface area (Å²) < 4.78 is 0. The highest BCUT2D eigenvalue weighted by atomic mass is 35.5. The average molecular weight is 523 g/mol. The predicted molar refractivity (Wildman–Crippen MR) is 134 cm³/mol. The molecule has 3 amide bonds. The fourth-order valence-electron chi connectivity index (χ4n) is 4.18. The molecule has 0 atom stereocenters. The summed E-state index contributed by atoms with van der Waals surface area (Å²) in [5.74, 6) is -1.41. The summed E-state index contributed by atoms with van der Waals surface area (Å²) in [6, 6.07) is 11.4. The standard InChI is InChI=1S/C24H23Cl3N4O3/c1-29-11-9-17(10-12-29)30(2)22(32)14-3-6-16(7-4-14)28-21-20(27)23(33)31(24(21)34)19-13-15(25)5-8-18(19)26/h3-8,13,17,28H,9-12H2,1-2H3/p+1. The number of likely N-dealkylation sites (tertiary alicyclic amines) is 1. The highest BCUT2D eigenvalue weighted by Gasteiger charge is 2.40. The Labute approximate surface area is 212 Å². The number of halogens is 3. The van der Waals surface area contributed by atoms with Gasteiger partial charge in [0.05, 0.1) is 30.8 Å². The number of piperidine rings is 1. The first kappa shape index (κ1) is 24.5. The number of hydrogen-bond acceptors (Lipinski definition) is 4. The second kappa shape index (κ2) is 9.96. The lowest BCUT2D eigenvalue weighted by Crippen LogP contribution is -3.10. The van der Waals surface area contributed by atoms with E-state index < -0.39 is 11.8 Å². The van der Waals surface area contributed by atoms with Crippen LogP contribution in [0.1, 0.15) is 23.2 Å². The molecule has 0 radical (unpaired) electrons. The monoisotopic (exact) mass is 521 g/mol. The normalized spacial score (nSPS) is 20.7. The van der Waals surface area contributed by atoms with Crippen LogP contribution in [0.15, 0.2) is 53.2 Å². The van der Waals surface area contributed by atoms with Gasteiger partial charge in [0.15, 0.2) is 0 Å².